The van der Waals surface area contributed by atoms with Crippen molar-refractivity contribution in [3.8, 4) is 0 Å². The third-order valence-corrected chi connectivity index (χ3v) is 3.32. The van der Waals surface area contributed by atoms with E-state index in [0.29, 0.717) is 12.1 Å². The second kappa shape index (κ2) is 3.83. The number of hydrogen-bond donors (Lipinski definition) is 2. The minimum absolute atomic E-state index is 0.00277. The Morgan fingerprint density at radius 3 is 2.81 bits per heavy atom. The third kappa shape index (κ3) is 1.78. The molecule has 1 aliphatic carbocycles. The number of carbonyl (C=O) groups excluding carboxylic acids is 1. The Balaban J connectivity index is 2.00. The first kappa shape index (κ1) is 11.0. The highest BCUT2D eigenvalue weighted by Gasteiger charge is 2.48. The molecular formula is C11H15N3O2. The Morgan fingerprint density at radius 2 is 2.31 bits per heavy atom. The predicted octanol–water partition coefficient (Wildman–Crippen LogP) is 0.366. The number of nitrogens with zero attached hydrogens (tertiary/aromatic N) is 2. The standard InChI is InChI=1S/C11H15N3O2/c1-11(2)8(5-9(11)15)14-10(16)7-6-12-3-4-13-7/h3-4,6,8-9,15H,5H2,1-2H3,(H,14,16). The summed E-state index contributed by atoms with van der Waals surface area (Å²) in [6.45, 7) is 3.87. The minimum Gasteiger partial charge on any atom is -0.392 e. The van der Waals surface area contributed by atoms with Gasteiger partial charge in [-0.15, -0.1) is 0 Å². The van der Waals surface area contributed by atoms with Crippen LogP contribution in [0, 0.1) is 5.41 Å². The number of aromatic nitrogens is 2. The van der Waals surface area contributed by atoms with E-state index in [1.807, 2.05) is 13.8 Å². The quantitative estimate of drug-likeness (QED) is 0.756. The Morgan fingerprint density at radius 1 is 1.56 bits per heavy atom. The Bertz CT molecular complexity index is 391. The lowest BCUT2D eigenvalue weighted by molar-refractivity contribution is -0.0690. The van der Waals surface area contributed by atoms with Crippen LogP contribution in [0.25, 0.3) is 0 Å². The maximum atomic E-state index is 11.7. The molecule has 2 unspecified atom stereocenters. The van der Waals surface area contributed by atoms with E-state index in [-0.39, 0.29) is 23.5 Å². The van der Waals surface area contributed by atoms with Gasteiger partial charge >= 0.3 is 0 Å². The maximum Gasteiger partial charge on any atom is 0.271 e. The maximum absolute atomic E-state index is 11.7. The number of amides is 1. The fourth-order valence-corrected chi connectivity index (χ4v) is 1.80. The second-order valence-electron chi connectivity index (χ2n) is 4.69. The molecule has 5 nitrogen and oxygen atoms in total. The van der Waals surface area contributed by atoms with Gasteiger partial charge in [0.1, 0.15) is 5.69 Å². The van der Waals surface area contributed by atoms with Gasteiger partial charge < -0.3 is 10.4 Å². The van der Waals surface area contributed by atoms with Crippen molar-refractivity contribution in [2.75, 3.05) is 0 Å². The molecule has 1 saturated carbocycles. The molecule has 2 N–H and O–H groups in total. The smallest absolute Gasteiger partial charge is 0.271 e. The molecule has 5 heteroatoms. The third-order valence-electron chi connectivity index (χ3n) is 3.32. The van der Waals surface area contributed by atoms with Crippen molar-refractivity contribution >= 4 is 5.91 Å². The van der Waals surface area contributed by atoms with Crippen LogP contribution >= 0.6 is 0 Å². The van der Waals surface area contributed by atoms with Crippen LogP contribution in [0.4, 0.5) is 0 Å². The van der Waals surface area contributed by atoms with E-state index < -0.39 is 0 Å². The molecule has 86 valence electrons. The summed E-state index contributed by atoms with van der Waals surface area (Å²) in [6, 6.07) is -0.00277. The molecule has 0 aliphatic heterocycles. The highest BCUT2D eigenvalue weighted by Crippen LogP contribution is 2.40. The summed E-state index contributed by atoms with van der Waals surface area (Å²) in [5.41, 5.74) is 0.0393. The lowest BCUT2D eigenvalue weighted by Crippen LogP contribution is -2.61. The summed E-state index contributed by atoms with van der Waals surface area (Å²) >= 11 is 0. The number of carbonyl (C=O) groups is 1. The summed E-state index contributed by atoms with van der Waals surface area (Å²) in [4.78, 5) is 19.5. The molecule has 0 radical (unpaired) electrons. The molecule has 1 fully saturated rings. The summed E-state index contributed by atoms with van der Waals surface area (Å²) in [5.74, 6) is -0.238. The molecule has 1 aliphatic rings. The van der Waals surface area contributed by atoms with Gasteiger partial charge in [-0.3, -0.25) is 9.78 Å². The zero-order valence-corrected chi connectivity index (χ0v) is 9.34. The molecule has 0 aromatic carbocycles. The van der Waals surface area contributed by atoms with Crippen LogP contribution in [0.15, 0.2) is 18.6 Å². The van der Waals surface area contributed by atoms with Gasteiger partial charge in [-0.2, -0.15) is 0 Å². The Hall–Kier alpha value is -1.49. The van der Waals surface area contributed by atoms with Crippen molar-refractivity contribution in [3.63, 3.8) is 0 Å². The van der Waals surface area contributed by atoms with Crippen LogP contribution in [0.1, 0.15) is 30.8 Å². The normalized spacial score (nSPS) is 26.9. The topological polar surface area (TPSA) is 75.1 Å². The average Bonchev–Trinajstić information content (AvgIpc) is 2.29. The van der Waals surface area contributed by atoms with E-state index in [2.05, 4.69) is 15.3 Å². The summed E-state index contributed by atoms with van der Waals surface area (Å²) in [6.07, 6.45) is 4.68. The molecule has 2 rings (SSSR count). The lowest BCUT2D eigenvalue weighted by Gasteiger charge is -2.49. The number of rotatable bonds is 2. The van der Waals surface area contributed by atoms with Gasteiger partial charge in [-0.25, -0.2) is 4.98 Å². The van der Waals surface area contributed by atoms with E-state index in [9.17, 15) is 9.90 Å². The number of aliphatic hydroxyl groups excluding tert-OH is 1. The van der Waals surface area contributed by atoms with Crippen LogP contribution in [-0.4, -0.2) is 33.1 Å². The zero-order chi connectivity index (χ0) is 11.8. The van der Waals surface area contributed by atoms with Crippen LogP contribution in [0.5, 0.6) is 0 Å². The molecule has 0 spiro atoms. The molecule has 16 heavy (non-hydrogen) atoms. The molecule has 2 atom stereocenters. The first-order chi connectivity index (χ1) is 7.51. The first-order valence-electron chi connectivity index (χ1n) is 5.27. The van der Waals surface area contributed by atoms with Gasteiger partial charge in [-0.1, -0.05) is 13.8 Å². The Labute approximate surface area is 93.9 Å². The van der Waals surface area contributed by atoms with Crippen molar-refractivity contribution in [2.45, 2.75) is 32.4 Å². The second-order valence-corrected chi connectivity index (χ2v) is 4.69. The largest absolute Gasteiger partial charge is 0.392 e. The zero-order valence-electron chi connectivity index (χ0n) is 9.34. The highest BCUT2D eigenvalue weighted by molar-refractivity contribution is 5.92. The van der Waals surface area contributed by atoms with Gasteiger partial charge in [0.15, 0.2) is 0 Å². The summed E-state index contributed by atoms with van der Waals surface area (Å²) in [5, 5.41) is 12.4. The average molecular weight is 221 g/mol. The van der Waals surface area contributed by atoms with Gasteiger partial charge in [0, 0.05) is 23.9 Å². The SMILES string of the molecule is CC1(C)C(O)CC1NC(=O)c1cnccn1. The monoisotopic (exact) mass is 221 g/mol. The van der Waals surface area contributed by atoms with E-state index in [4.69, 9.17) is 0 Å². The van der Waals surface area contributed by atoms with Crippen molar-refractivity contribution in [3.05, 3.63) is 24.3 Å². The fourth-order valence-electron chi connectivity index (χ4n) is 1.80. The number of nitrogens with one attached hydrogen (secondary N) is 1. The van der Waals surface area contributed by atoms with E-state index in [0.717, 1.165) is 0 Å². The molecule has 1 amide bonds. The number of aliphatic hydroxyl groups is 1. The van der Waals surface area contributed by atoms with Crippen molar-refractivity contribution in [2.24, 2.45) is 5.41 Å². The molecule has 1 aromatic heterocycles. The van der Waals surface area contributed by atoms with Crippen molar-refractivity contribution < 1.29 is 9.90 Å². The van der Waals surface area contributed by atoms with E-state index in [1.165, 1.54) is 18.6 Å². The molecule has 0 saturated heterocycles. The van der Waals surface area contributed by atoms with Gasteiger partial charge in [0.05, 0.1) is 12.3 Å². The van der Waals surface area contributed by atoms with Crippen molar-refractivity contribution in [1.29, 1.82) is 0 Å². The van der Waals surface area contributed by atoms with Gasteiger partial charge in [0.25, 0.3) is 5.91 Å². The van der Waals surface area contributed by atoms with Crippen molar-refractivity contribution in [1.82, 2.24) is 15.3 Å². The van der Waals surface area contributed by atoms with E-state index >= 15 is 0 Å². The van der Waals surface area contributed by atoms with Gasteiger partial charge in [0.2, 0.25) is 0 Å². The molecule has 1 heterocycles. The molecular weight excluding hydrogens is 206 g/mol. The number of hydrogen-bond acceptors (Lipinski definition) is 4. The van der Waals surface area contributed by atoms with Crippen LogP contribution < -0.4 is 5.32 Å². The molecule has 1 aromatic rings. The van der Waals surface area contributed by atoms with Crippen LogP contribution in [0.3, 0.4) is 0 Å². The van der Waals surface area contributed by atoms with Crippen LogP contribution in [0.2, 0.25) is 0 Å². The minimum atomic E-state index is -0.348. The predicted molar refractivity (Wildman–Crippen MR) is 57.7 cm³/mol. The van der Waals surface area contributed by atoms with E-state index in [1.54, 1.807) is 0 Å². The first-order valence-corrected chi connectivity index (χ1v) is 5.27. The lowest BCUT2D eigenvalue weighted by atomic mass is 9.64. The van der Waals surface area contributed by atoms with Gasteiger partial charge in [-0.05, 0) is 6.42 Å². The highest BCUT2D eigenvalue weighted by atomic mass is 16.3. The fraction of sp³-hybridized carbons (Fsp3) is 0.545. The summed E-state index contributed by atoms with van der Waals surface area (Å²) in [7, 11) is 0. The Kier molecular flexibility index (Phi) is 2.63. The molecule has 0 bridgehead atoms. The summed E-state index contributed by atoms with van der Waals surface area (Å²) < 4.78 is 0. The van der Waals surface area contributed by atoms with Crippen LogP contribution in [-0.2, 0) is 0 Å².